The minimum atomic E-state index is -0.277. The van der Waals surface area contributed by atoms with E-state index in [0.717, 1.165) is 23.3 Å². The van der Waals surface area contributed by atoms with Gasteiger partial charge in [-0.05, 0) is 43.1 Å². The van der Waals surface area contributed by atoms with Crippen LogP contribution in [0.3, 0.4) is 0 Å². The van der Waals surface area contributed by atoms with E-state index in [2.05, 4.69) is 6.92 Å². The average Bonchev–Trinajstić information content (AvgIpc) is 2.83. The highest BCUT2D eigenvalue weighted by Crippen LogP contribution is 2.62. The van der Waals surface area contributed by atoms with Gasteiger partial charge in [-0.15, -0.1) is 0 Å². The fourth-order valence-corrected chi connectivity index (χ4v) is 3.33. The fourth-order valence-electron chi connectivity index (χ4n) is 2.97. The van der Waals surface area contributed by atoms with E-state index < -0.39 is 0 Å². The normalized spacial score (nSPS) is 30.9. The summed E-state index contributed by atoms with van der Waals surface area (Å²) in [5, 5.41) is 0.938. The lowest BCUT2D eigenvalue weighted by Gasteiger charge is -2.04. The molecule has 0 aromatic heterocycles. The summed E-state index contributed by atoms with van der Waals surface area (Å²) < 4.78 is 4.87. The summed E-state index contributed by atoms with van der Waals surface area (Å²) in [6, 6.07) is 0. The summed E-state index contributed by atoms with van der Waals surface area (Å²) in [4.78, 5) is 11.3. The molecule has 0 radical (unpaired) electrons. The summed E-state index contributed by atoms with van der Waals surface area (Å²) in [6.07, 6.45) is 6.87. The molecule has 0 aromatic rings. The molecular formula is C14H19ClO2. The minimum absolute atomic E-state index is 0.277. The first-order valence-electron chi connectivity index (χ1n) is 6.42. The quantitative estimate of drug-likeness (QED) is 0.553. The van der Waals surface area contributed by atoms with E-state index in [1.54, 1.807) is 0 Å². The van der Waals surface area contributed by atoms with Gasteiger partial charge in [0.1, 0.15) is 0 Å². The highest BCUT2D eigenvalue weighted by molar-refractivity contribution is 6.30. The van der Waals surface area contributed by atoms with E-state index in [-0.39, 0.29) is 5.97 Å². The Bertz CT molecular complexity index is 370. The van der Waals surface area contributed by atoms with E-state index in [1.165, 1.54) is 24.5 Å². The summed E-state index contributed by atoms with van der Waals surface area (Å²) in [6.45, 7) is 4.44. The van der Waals surface area contributed by atoms with E-state index in [9.17, 15) is 4.79 Å². The molecule has 3 atom stereocenters. The molecule has 1 fully saturated rings. The van der Waals surface area contributed by atoms with Crippen LogP contribution in [0.4, 0.5) is 0 Å². The third-order valence-electron chi connectivity index (χ3n) is 3.73. The van der Waals surface area contributed by atoms with Crippen molar-refractivity contribution >= 4 is 17.6 Å². The molecule has 2 rings (SSSR count). The molecule has 1 saturated carbocycles. The SMILES string of the molecule is CCC[C@H]1[C@H]2CC(Cl)=C(/C=C/C(=O)OCC)[C@H]21. The summed E-state index contributed by atoms with van der Waals surface area (Å²) in [5.41, 5.74) is 1.17. The van der Waals surface area contributed by atoms with Gasteiger partial charge < -0.3 is 4.74 Å². The van der Waals surface area contributed by atoms with Crippen LogP contribution in [0.25, 0.3) is 0 Å². The molecule has 94 valence electrons. The first kappa shape index (κ1) is 12.7. The summed E-state index contributed by atoms with van der Waals surface area (Å²) in [5.74, 6) is 1.86. The predicted octanol–water partition coefficient (Wildman–Crippen LogP) is 3.66. The van der Waals surface area contributed by atoms with Gasteiger partial charge in [0.15, 0.2) is 0 Å². The van der Waals surface area contributed by atoms with Crippen LogP contribution in [0.15, 0.2) is 22.8 Å². The Hall–Kier alpha value is -0.760. The molecule has 0 amide bonds. The summed E-state index contributed by atoms with van der Waals surface area (Å²) >= 11 is 6.21. The topological polar surface area (TPSA) is 26.3 Å². The molecule has 3 heteroatoms. The Labute approximate surface area is 108 Å². The third-order valence-corrected chi connectivity index (χ3v) is 4.10. The predicted molar refractivity (Wildman–Crippen MR) is 68.6 cm³/mol. The molecule has 0 aliphatic heterocycles. The maximum atomic E-state index is 11.3. The number of hydrogen-bond donors (Lipinski definition) is 0. The van der Waals surface area contributed by atoms with E-state index >= 15 is 0 Å². The number of hydrogen-bond acceptors (Lipinski definition) is 2. The highest BCUT2D eigenvalue weighted by Gasteiger charge is 2.54. The number of esters is 1. The summed E-state index contributed by atoms with van der Waals surface area (Å²) in [7, 11) is 0. The van der Waals surface area contributed by atoms with Crippen molar-refractivity contribution in [2.24, 2.45) is 17.8 Å². The molecule has 0 saturated heterocycles. The van der Waals surface area contributed by atoms with Crippen LogP contribution in [0, 0.1) is 17.8 Å². The van der Waals surface area contributed by atoms with Crippen molar-refractivity contribution in [1.29, 1.82) is 0 Å². The van der Waals surface area contributed by atoms with E-state index in [0.29, 0.717) is 12.5 Å². The van der Waals surface area contributed by atoms with Crippen molar-refractivity contribution in [3.63, 3.8) is 0 Å². The molecule has 2 aliphatic carbocycles. The van der Waals surface area contributed by atoms with Crippen molar-refractivity contribution < 1.29 is 9.53 Å². The van der Waals surface area contributed by atoms with Crippen LogP contribution < -0.4 is 0 Å². The number of rotatable bonds is 5. The molecule has 0 bridgehead atoms. The lowest BCUT2D eigenvalue weighted by atomic mass is 10.1. The van der Waals surface area contributed by atoms with Gasteiger partial charge in [0.25, 0.3) is 0 Å². The zero-order chi connectivity index (χ0) is 12.4. The van der Waals surface area contributed by atoms with Crippen LogP contribution in [0.2, 0.25) is 0 Å². The zero-order valence-electron chi connectivity index (χ0n) is 10.4. The maximum Gasteiger partial charge on any atom is 0.330 e. The molecule has 2 nitrogen and oxygen atoms in total. The highest BCUT2D eigenvalue weighted by atomic mass is 35.5. The van der Waals surface area contributed by atoms with Crippen molar-refractivity contribution in [3.8, 4) is 0 Å². The van der Waals surface area contributed by atoms with Crippen LogP contribution in [-0.4, -0.2) is 12.6 Å². The molecule has 0 spiro atoms. The first-order valence-corrected chi connectivity index (χ1v) is 6.80. The van der Waals surface area contributed by atoms with Gasteiger partial charge in [-0.1, -0.05) is 31.0 Å². The molecule has 2 aliphatic rings. The van der Waals surface area contributed by atoms with E-state index in [1.807, 2.05) is 13.0 Å². The average molecular weight is 255 g/mol. The van der Waals surface area contributed by atoms with E-state index in [4.69, 9.17) is 16.3 Å². The minimum Gasteiger partial charge on any atom is -0.463 e. The van der Waals surface area contributed by atoms with Crippen LogP contribution in [0.1, 0.15) is 33.1 Å². The maximum absolute atomic E-state index is 11.3. The lowest BCUT2D eigenvalue weighted by molar-refractivity contribution is -0.137. The Morgan fingerprint density at radius 3 is 2.94 bits per heavy atom. The lowest BCUT2D eigenvalue weighted by Crippen LogP contribution is -1.99. The van der Waals surface area contributed by atoms with Gasteiger partial charge in [-0.25, -0.2) is 4.79 Å². The third kappa shape index (κ3) is 2.57. The molecule has 0 aromatic carbocycles. The van der Waals surface area contributed by atoms with Gasteiger partial charge in [0.2, 0.25) is 0 Å². The van der Waals surface area contributed by atoms with Gasteiger partial charge in [-0.3, -0.25) is 0 Å². The van der Waals surface area contributed by atoms with Crippen molar-refractivity contribution in [3.05, 3.63) is 22.8 Å². The Kier molecular flexibility index (Phi) is 3.93. The second kappa shape index (κ2) is 5.26. The van der Waals surface area contributed by atoms with Gasteiger partial charge in [0.05, 0.1) is 6.61 Å². The number of halogens is 1. The second-order valence-electron chi connectivity index (χ2n) is 4.79. The van der Waals surface area contributed by atoms with Gasteiger partial charge in [0, 0.05) is 11.1 Å². The Balaban J connectivity index is 1.96. The molecule has 0 heterocycles. The first-order chi connectivity index (χ1) is 8.19. The van der Waals surface area contributed by atoms with Crippen LogP contribution >= 0.6 is 11.6 Å². The largest absolute Gasteiger partial charge is 0.463 e. The molecular weight excluding hydrogens is 236 g/mol. The van der Waals surface area contributed by atoms with Crippen molar-refractivity contribution in [2.45, 2.75) is 33.1 Å². The zero-order valence-corrected chi connectivity index (χ0v) is 11.2. The molecule has 0 N–H and O–H groups in total. The fraction of sp³-hybridized carbons (Fsp3) is 0.643. The number of fused-ring (bicyclic) bond motifs is 1. The van der Waals surface area contributed by atoms with Crippen molar-refractivity contribution in [1.82, 2.24) is 0 Å². The Morgan fingerprint density at radius 2 is 2.29 bits per heavy atom. The molecule has 0 unspecified atom stereocenters. The Morgan fingerprint density at radius 1 is 1.53 bits per heavy atom. The monoisotopic (exact) mass is 254 g/mol. The molecule has 17 heavy (non-hydrogen) atoms. The van der Waals surface area contributed by atoms with Crippen LogP contribution in [0.5, 0.6) is 0 Å². The van der Waals surface area contributed by atoms with Gasteiger partial charge >= 0.3 is 5.97 Å². The van der Waals surface area contributed by atoms with Crippen molar-refractivity contribution in [2.75, 3.05) is 6.61 Å². The standard InChI is InChI=1S/C14H19ClO2/c1-3-5-9-11-8-12(15)10(14(9)11)6-7-13(16)17-4-2/h6-7,9,11,14H,3-5,8H2,1-2H3/b7-6+/t9-,11+,14+/m0/s1. The van der Waals surface area contributed by atoms with Crippen LogP contribution in [-0.2, 0) is 9.53 Å². The van der Waals surface area contributed by atoms with Gasteiger partial charge in [-0.2, -0.15) is 0 Å². The number of carbonyl (C=O) groups excluding carboxylic acids is 1. The number of allylic oxidation sites excluding steroid dienone is 3. The smallest absolute Gasteiger partial charge is 0.330 e. The number of carbonyl (C=O) groups is 1. The second-order valence-corrected chi connectivity index (χ2v) is 5.25. The number of ether oxygens (including phenoxy) is 1.